The van der Waals surface area contributed by atoms with Crippen LogP contribution >= 0.6 is 11.6 Å². The van der Waals surface area contributed by atoms with Crippen LogP contribution in [0.1, 0.15) is 15.9 Å². The van der Waals surface area contributed by atoms with Crippen molar-refractivity contribution in [2.45, 2.75) is 6.92 Å². The fraction of sp³-hybridized carbons (Fsp3) is 0.0714. The van der Waals surface area contributed by atoms with E-state index in [0.717, 1.165) is 0 Å². The quantitative estimate of drug-likeness (QED) is 0.373. The van der Waals surface area contributed by atoms with Crippen molar-refractivity contribution in [3.63, 3.8) is 0 Å². The van der Waals surface area contributed by atoms with Crippen molar-refractivity contribution in [2.75, 3.05) is 0 Å². The van der Waals surface area contributed by atoms with Crippen LogP contribution in [0.4, 0.5) is 5.69 Å². The second kappa shape index (κ2) is 5.71. The molecular weight excluding hydrogens is 282 g/mol. The van der Waals surface area contributed by atoms with Crippen molar-refractivity contribution in [3.8, 4) is 5.75 Å². The van der Waals surface area contributed by atoms with Gasteiger partial charge in [-0.05, 0) is 43.3 Å². The number of rotatable bonds is 3. The van der Waals surface area contributed by atoms with Crippen molar-refractivity contribution in [3.05, 3.63) is 68.7 Å². The van der Waals surface area contributed by atoms with Crippen LogP contribution in [0, 0.1) is 17.0 Å². The van der Waals surface area contributed by atoms with Crippen molar-refractivity contribution in [1.29, 1.82) is 0 Å². The van der Waals surface area contributed by atoms with E-state index < -0.39 is 10.9 Å². The van der Waals surface area contributed by atoms with E-state index in [4.69, 9.17) is 16.3 Å². The third kappa shape index (κ3) is 3.13. The largest absolute Gasteiger partial charge is 0.423 e. The minimum Gasteiger partial charge on any atom is -0.423 e. The van der Waals surface area contributed by atoms with Gasteiger partial charge >= 0.3 is 5.97 Å². The Morgan fingerprint density at radius 3 is 2.40 bits per heavy atom. The maximum Gasteiger partial charge on any atom is 0.343 e. The maximum absolute atomic E-state index is 11.9. The highest BCUT2D eigenvalue weighted by molar-refractivity contribution is 6.30. The molecule has 0 saturated heterocycles. The van der Waals surface area contributed by atoms with Gasteiger partial charge in [0.2, 0.25) is 0 Å². The van der Waals surface area contributed by atoms with E-state index >= 15 is 0 Å². The van der Waals surface area contributed by atoms with E-state index in [2.05, 4.69) is 0 Å². The van der Waals surface area contributed by atoms with Crippen molar-refractivity contribution >= 4 is 23.3 Å². The number of benzene rings is 2. The number of nitrogens with zero attached hydrogens (tertiary/aromatic N) is 1. The molecule has 5 nitrogen and oxygen atoms in total. The Bertz CT molecular complexity index is 667. The van der Waals surface area contributed by atoms with Gasteiger partial charge in [0.25, 0.3) is 5.69 Å². The molecular formula is C14H10ClNO4. The summed E-state index contributed by atoms with van der Waals surface area (Å²) in [6, 6.07) is 10.4. The highest BCUT2D eigenvalue weighted by atomic mass is 35.5. The normalized spacial score (nSPS) is 10.1. The van der Waals surface area contributed by atoms with Crippen molar-refractivity contribution in [2.24, 2.45) is 0 Å². The number of halogens is 1. The van der Waals surface area contributed by atoms with E-state index in [9.17, 15) is 14.9 Å². The minimum atomic E-state index is -0.546. The predicted octanol–water partition coefficient (Wildman–Crippen LogP) is 3.78. The third-order valence-electron chi connectivity index (χ3n) is 2.66. The van der Waals surface area contributed by atoms with Gasteiger partial charge in [0, 0.05) is 16.7 Å². The van der Waals surface area contributed by atoms with Gasteiger partial charge in [-0.25, -0.2) is 4.79 Å². The molecule has 6 heteroatoms. The molecule has 102 valence electrons. The standard InChI is InChI=1S/C14H10ClNO4/c1-9-8-12(6-7-13(9)16(18)19)20-14(17)10-2-4-11(15)5-3-10/h2-8H,1H3. The van der Waals surface area contributed by atoms with Gasteiger partial charge in [0.05, 0.1) is 10.5 Å². The first-order chi connectivity index (χ1) is 9.47. The smallest absolute Gasteiger partial charge is 0.343 e. The molecule has 0 radical (unpaired) electrons. The van der Waals surface area contributed by atoms with Crippen molar-refractivity contribution in [1.82, 2.24) is 0 Å². The molecule has 0 aliphatic heterocycles. The fourth-order valence-corrected chi connectivity index (χ4v) is 1.77. The summed E-state index contributed by atoms with van der Waals surface area (Å²) >= 11 is 5.73. The molecule has 0 saturated carbocycles. The zero-order valence-corrected chi connectivity index (χ0v) is 11.3. The van der Waals surface area contributed by atoms with Crippen LogP contribution in [-0.4, -0.2) is 10.9 Å². The van der Waals surface area contributed by atoms with Gasteiger partial charge in [-0.2, -0.15) is 0 Å². The molecule has 0 spiro atoms. The first-order valence-electron chi connectivity index (χ1n) is 5.70. The van der Waals surface area contributed by atoms with Crippen LogP contribution in [0.2, 0.25) is 5.02 Å². The Hall–Kier alpha value is -2.40. The van der Waals surface area contributed by atoms with Crippen LogP contribution < -0.4 is 4.74 Å². The summed E-state index contributed by atoms with van der Waals surface area (Å²) in [5.74, 6) is -0.289. The summed E-state index contributed by atoms with van der Waals surface area (Å²) in [4.78, 5) is 22.1. The first-order valence-corrected chi connectivity index (χ1v) is 6.08. The molecule has 2 aromatic rings. The van der Waals surface area contributed by atoms with Gasteiger partial charge in [0.15, 0.2) is 0 Å². The van der Waals surface area contributed by atoms with E-state index in [1.165, 1.54) is 18.2 Å². The van der Waals surface area contributed by atoms with Gasteiger partial charge < -0.3 is 4.74 Å². The number of nitro benzene ring substituents is 1. The summed E-state index contributed by atoms with van der Waals surface area (Å²) < 4.78 is 5.15. The van der Waals surface area contributed by atoms with Crippen LogP contribution in [0.25, 0.3) is 0 Å². The SMILES string of the molecule is Cc1cc(OC(=O)c2ccc(Cl)cc2)ccc1[N+](=O)[O-]. The number of esters is 1. The van der Waals surface area contributed by atoms with Crippen LogP contribution in [0.5, 0.6) is 5.75 Å². The van der Waals surface area contributed by atoms with E-state index in [0.29, 0.717) is 16.1 Å². The summed E-state index contributed by atoms with van der Waals surface area (Å²) in [7, 11) is 0. The minimum absolute atomic E-state index is 0.0173. The van der Waals surface area contributed by atoms with Crippen LogP contribution in [0.3, 0.4) is 0 Å². The summed E-state index contributed by atoms with van der Waals surface area (Å²) in [6.07, 6.45) is 0. The zero-order chi connectivity index (χ0) is 14.7. The Morgan fingerprint density at radius 1 is 1.20 bits per heavy atom. The lowest BCUT2D eigenvalue weighted by Gasteiger charge is -2.05. The van der Waals surface area contributed by atoms with Gasteiger partial charge in [-0.3, -0.25) is 10.1 Å². The average molecular weight is 292 g/mol. The molecule has 2 aromatic carbocycles. The molecule has 0 unspecified atom stereocenters. The molecule has 0 heterocycles. The zero-order valence-electron chi connectivity index (χ0n) is 10.5. The first kappa shape index (κ1) is 14.0. The topological polar surface area (TPSA) is 69.4 Å². The highest BCUT2D eigenvalue weighted by Crippen LogP contribution is 2.23. The number of aryl methyl sites for hydroxylation is 1. The molecule has 0 fully saturated rings. The lowest BCUT2D eigenvalue weighted by Crippen LogP contribution is -2.08. The molecule has 0 bridgehead atoms. The van der Waals surface area contributed by atoms with Gasteiger partial charge in [-0.15, -0.1) is 0 Å². The molecule has 0 aliphatic rings. The average Bonchev–Trinajstić information content (AvgIpc) is 2.39. The van der Waals surface area contributed by atoms with E-state index in [1.54, 1.807) is 31.2 Å². The number of carbonyl (C=O) groups is 1. The highest BCUT2D eigenvalue weighted by Gasteiger charge is 2.13. The van der Waals surface area contributed by atoms with Crippen LogP contribution in [-0.2, 0) is 0 Å². The molecule has 0 atom stereocenters. The molecule has 2 rings (SSSR count). The lowest BCUT2D eigenvalue weighted by atomic mass is 10.2. The van der Waals surface area contributed by atoms with Gasteiger partial charge in [-0.1, -0.05) is 11.6 Å². The molecule has 20 heavy (non-hydrogen) atoms. The maximum atomic E-state index is 11.9. The molecule has 0 amide bonds. The van der Waals surface area contributed by atoms with E-state index in [1.807, 2.05) is 0 Å². The third-order valence-corrected chi connectivity index (χ3v) is 2.91. The number of carbonyl (C=O) groups excluding carboxylic acids is 1. The number of nitro groups is 1. The number of hydrogen-bond acceptors (Lipinski definition) is 4. The molecule has 0 N–H and O–H groups in total. The Kier molecular flexibility index (Phi) is 4.00. The van der Waals surface area contributed by atoms with Crippen LogP contribution in [0.15, 0.2) is 42.5 Å². The predicted molar refractivity (Wildman–Crippen MR) is 74.2 cm³/mol. The Labute approximate surface area is 119 Å². The lowest BCUT2D eigenvalue weighted by molar-refractivity contribution is -0.385. The van der Waals surface area contributed by atoms with Gasteiger partial charge in [0.1, 0.15) is 5.75 Å². The second-order valence-corrected chi connectivity index (χ2v) is 4.54. The number of hydrogen-bond donors (Lipinski definition) is 0. The van der Waals surface area contributed by atoms with Crippen molar-refractivity contribution < 1.29 is 14.5 Å². The Balaban J connectivity index is 2.18. The Morgan fingerprint density at radius 2 is 1.85 bits per heavy atom. The molecule has 0 aromatic heterocycles. The molecule has 0 aliphatic carbocycles. The summed E-state index contributed by atoms with van der Waals surface area (Å²) in [5.41, 5.74) is 0.762. The monoisotopic (exact) mass is 291 g/mol. The second-order valence-electron chi connectivity index (χ2n) is 4.10. The fourth-order valence-electron chi connectivity index (χ4n) is 1.65. The summed E-state index contributed by atoms with van der Waals surface area (Å²) in [6.45, 7) is 1.58. The number of ether oxygens (including phenoxy) is 1. The van der Waals surface area contributed by atoms with E-state index in [-0.39, 0.29) is 11.4 Å². The summed E-state index contributed by atoms with van der Waals surface area (Å²) in [5, 5.41) is 11.2.